The normalized spacial score (nSPS) is 31.6. The van der Waals surface area contributed by atoms with Crippen molar-refractivity contribution in [1.82, 2.24) is 15.1 Å². The van der Waals surface area contributed by atoms with Crippen LogP contribution in [0.1, 0.15) is 51.9 Å². The minimum Gasteiger partial charge on any atom is -0.341 e. The minimum atomic E-state index is -0.195. The summed E-state index contributed by atoms with van der Waals surface area (Å²) in [5, 5.41) is 3.48. The van der Waals surface area contributed by atoms with Crippen LogP contribution in [-0.2, 0) is 9.59 Å². The highest BCUT2D eigenvalue weighted by molar-refractivity contribution is 5.88. The third kappa shape index (κ3) is 3.70. The van der Waals surface area contributed by atoms with Crippen molar-refractivity contribution >= 4 is 11.8 Å². The Morgan fingerprint density at radius 2 is 1.70 bits per heavy atom. The lowest BCUT2D eigenvalue weighted by molar-refractivity contribution is -0.147. The van der Waals surface area contributed by atoms with Gasteiger partial charge >= 0.3 is 0 Å². The van der Waals surface area contributed by atoms with Crippen LogP contribution in [0.15, 0.2) is 0 Å². The molecule has 1 unspecified atom stereocenters. The fourth-order valence-electron chi connectivity index (χ4n) is 4.49. The van der Waals surface area contributed by atoms with Crippen LogP contribution in [0.25, 0.3) is 0 Å². The fourth-order valence-corrected chi connectivity index (χ4v) is 4.49. The van der Waals surface area contributed by atoms with Crippen molar-refractivity contribution in [3.63, 3.8) is 0 Å². The van der Waals surface area contributed by atoms with E-state index in [4.69, 9.17) is 0 Å². The summed E-state index contributed by atoms with van der Waals surface area (Å²) in [6.45, 7) is 6.75. The fraction of sp³-hybridized carbons (Fsp3) is 0.889. The third-order valence-corrected chi connectivity index (χ3v) is 5.90. The van der Waals surface area contributed by atoms with Crippen LogP contribution in [0.5, 0.6) is 0 Å². The van der Waals surface area contributed by atoms with Crippen molar-refractivity contribution in [2.75, 3.05) is 32.7 Å². The van der Waals surface area contributed by atoms with E-state index >= 15 is 0 Å². The van der Waals surface area contributed by atoms with E-state index < -0.39 is 0 Å². The van der Waals surface area contributed by atoms with Gasteiger partial charge in [0.1, 0.15) is 6.04 Å². The summed E-state index contributed by atoms with van der Waals surface area (Å²) in [5.74, 6) is 1.84. The number of likely N-dealkylation sites (tertiary alicyclic amines) is 2. The van der Waals surface area contributed by atoms with E-state index in [1.54, 1.807) is 0 Å². The number of rotatable bonds is 3. The van der Waals surface area contributed by atoms with Gasteiger partial charge in [-0.25, -0.2) is 0 Å². The first-order valence-corrected chi connectivity index (χ1v) is 9.49. The zero-order valence-corrected chi connectivity index (χ0v) is 14.4. The zero-order valence-electron chi connectivity index (χ0n) is 14.4. The summed E-state index contributed by atoms with van der Waals surface area (Å²) in [4.78, 5) is 29.4. The Balaban J connectivity index is 1.64. The molecule has 1 N–H and O–H groups in total. The summed E-state index contributed by atoms with van der Waals surface area (Å²) in [6, 6.07) is -0.195. The van der Waals surface area contributed by atoms with E-state index in [0.29, 0.717) is 6.42 Å². The quantitative estimate of drug-likeness (QED) is 0.859. The molecule has 2 amide bonds. The van der Waals surface area contributed by atoms with E-state index in [9.17, 15) is 9.59 Å². The largest absolute Gasteiger partial charge is 0.341 e. The van der Waals surface area contributed by atoms with Crippen LogP contribution in [0, 0.1) is 11.8 Å². The molecule has 3 atom stereocenters. The first kappa shape index (κ1) is 16.7. The molecule has 5 heteroatoms. The number of hydrogen-bond acceptors (Lipinski definition) is 3. The molecular weight excluding hydrogens is 290 g/mol. The number of nitrogens with zero attached hydrogens (tertiary/aromatic N) is 2. The Kier molecular flexibility index (Phi) is 5.57. The van der Waals surface area contributed by atoms with E-state index in [0.717, 1.165) is 83.1 Å². The van der Waals surface area contributed by atoms with E-state index in [1.165, 1.54) is 0 Å². The number of piperidine rings is 1. The number of carbonyl (C=O) groups excluding carboxylic acids is 2. The van der Waals surface area contributed by atoms with Gasteiger partial charge < -0.3 is 15.1 Å². The first-order valence-electron chi connectivity index (χ1n) is 9.49. The summed E-state index contributed by atoms with van der Waals surface area (Å²) < 4.78 is 0. The highest BCUT2D eigenvalue weighted by atomic mass is 16.2. The van der Waals surface area contributed by atoms with Crippen LogP contribution >= 0.6 is 0 Å². The molecule has 3 aliphatic heterocycles. The number of hydrogen-bond donors (Lipinski definition) is 1. The second kappa shape index (κ2) is 7.65. The predicted molar refractivity (Wildman–Crippen MR) is 89.9 cm³/mol. The van der Waals surface area contributed by atoms with Gasteiger partial charge in [-0.05, 0) is 63.5 Å². The molecule has 0 aromatic heterocycles. The van der Waals surface area contributed by atoms with Crippen molar-refractivity contribution in [3.05, 3.63) is 0 Å². The molecule has 0 saturated carbocycles. The standard InChI is InChI=1S/C18H31N3O2/c1-2-5-17(22)21-9-4-3-6-16(21)18(23)20-10-7-14-12-19-13-15(14)8-11-20/h14-16,19H,2-13H2,1H3/t14-,15+,16?. The first-order chi connectivity index (χ1) is 11.2. The van der Waals surface area contributed by atoms with Gasteiger partial charge in [0, 0.05) is 26.1 Å². The summed E-state index contributed by atoms with van der Waals surface area (Å²) >= 11 is 0. The van der Waals surface area contributed by atoms with Crippen molar-refractivity contribution < 1.29 is 9.59 Å². The third-order valence-electron chi connectivity index (χ3n) is 5.90. The number of amides is 2. The van der Waals surface area contributed by atoms with Gasteiger partial charge in [0.05, 0.1) is 0 Å². The van der Waals surface area contributed by atoms with E-state index in [2.05, 4.69) is 10.2 Å². The van der Waals surface area contributed by atoms with Crippen molar-refractivity contribution in [3.8, 4) is 0 Å². The Labute approximate surface area is 139 Å². The molecular formula is C18H31N3O2. The SMILES string of the molecule is CCCC(=O)N1CCCCC1C(=O)N1CC[C@@H]2CNC[C@@H]2CC1. The Hall–Kier alpha value is -1.10. The smallest absolute Gasteiger partial charge is 0.245 e. The molecule has 3 aliphatic rings. The van der Waals surface area contributed by atoms with E-state index in [-0.39, 0.29) is 17.9 Å². The van der Waals surface area contributed by atoms with Gasteiger partial charge in [-0.2, -0.15) is 0 Å². The maximum Gasteiger partial charge on any atom is 0.245 e. The number of nitrogens with one attached hydrogen (secondary N) is 1. The number of carbonyl (C=O) groups is 2. The summed E-state index contributed by atoms with van der Waals surface area (Å²) in [7, 11) is 0. The van der Waals surface area contributed by atoms with Crippen LogP contribution < -0.4 is 5.32 Å². The molecule has 3 heterocycles. The Morgan fingerprint density at radius 3 is 2.35 bits per heavy atom. The predicted octanol–water partition coefficient (Wildman–Crippen LogP) is 1.63. The van der Waals surface area contributed by atoms with Crippen LogP contribution in [0.2, 0.25) is 0 Å². The Bertz CT molecular complexity index is 426. The zero-order chi connectivity index (χ0) is 16.2. The summed E-state index contributed by atoms with van der Waals surface area (Å²) in [5.41, 5.74) is 0. The van der Waals surface area contributed by atoms with Crippen molar-refractivity contribution in [2.45, 2.75) is 57.9 Å². The van der Waals surface area contributed by atoms with E-state index in [1.807, 2.05) is 11.8 Å². The second-order valence-corrected chi connectivity index (χ2v) is 7.43. The molecule has 0 aliphatic carbocycles. The minimum absolute atomic E-state index is 0.168. The topological polar surface area (TPSA) is 52.7 Å². The second-order valence-electron chi connectivity index (χ2n) is 7.43. The monoisotopic (exact) mass is 321 g/mol. The molecule has 0 aromatic rings. The lowest BCUT2D eigenvalue weighted by atomic mass is 9.92. The van der Waals surface area contributed by atoms with Crippen LogP contribution in [0.4, 0.5) is 0 Å². The average molecular weight is 321 g/mol. The van der Waals surface area contributed by atoms with Gasteiger partial charge in [0.2, 0.25) is 11.8 Å². The van der Waals surface area contributed by atoms with Crippen molar-refractivity contribution in [2.24, 2.45) is 11.8 Å². The average Bonchev–Trinajstić information content (AvgIpc) is 2.93. The van der Waals surface area contributed by atoms with Gasteiger partial charge in [0.25, 0.3) is 0 Å². The highest BCUT2D eigenvalue weighted by Crippen LogP contribution is 2.28. The lowest BCUT2D eigenvalue weighted by Crippen LogP contribution is -2.53. The van der Waals surface area contributed by atoms with Gasteiger partial charge in [-0.3, -0.25) is 9.59 Å². The maximum absolute atomic E-state index is 13.1. The number of fused-ring (bicyclic) bond motifs is 1. The molecule has 130 valence electrons. The molecule has 3 saturated heterocycles. The molecule has 3 fully saturated rings. The van der Waals surface area contributed by atoms with Gasteiger partial charge in [-0.1, -0.05) is 6.92 Å². The highest BCUT2D eigenvalue weighted by Gasteiger charge is 2.37. The molecule has 3 rings (SSSR count). The maximum atomic E-state index is 13.1. The molecule has 0 bridgehead atoms. The van der Waals surface area contributed by atoms with Crippen LogP contribution in [0.3, 0.4) is 0 Å². The van der Waals surface area contributed by atoms with Crippen LogP contribution in [-0.4, -0.2) is 60.4 Å². The Morgan fingerprint density at radius 1 is 1.00 bits per heavy atom. The van der Waals surface area contributed by atoms with Gasteiger partial charge in [-0.15, -0.1) is 0 Å². The lowest BCUT2D eigenvalue weighted by Gasteiger charge is -2.37. The van der Waals surface area contributed by atoms with Crippen molar-refractivity contribution in [1.29, 1.82) is 0 Å². The van der Waals surface area contributed by atoms with Gasteiger partial charge in [0.15, 0.2) is 0 Å². The molecule has 0 aromatic carbocycles. The summed E-state index contributed by atoms with van der Waals surface area (Å²) in [6.07, 6.45) is 6.59. The molecule has 0 radical (unpaired) electrons. The molecule has 23 heavy (non-hydrogen) atoms. The molecule has 0 spiro atoms. The molecule has 5 nitrogen and oxygen atoms in total.